The van der Waals surface area contributed by atoms with Gasteiger partial charge in [-0.15, -0.1) is 0 Å². The van der Waals surface area contributed by atoms with Gasteiger partial charge in [0.15, 0.2) is 0 Å². The molecule has 0 unspecified atom stereocenters. The fourth-order valence-electron chi connectivity index (χ4n) is 1.80. The van der Waals surface area contributed by atoms with Crippen LogP contribution < -0.4 is 4.90 Å². The highest BCUT2D eigenvalue weighted by molar-refractivity contribution is 5.92. The zero-order chi connectivity index (χ0) is 13.3. The van der Waals surface area contributed by atoms with Crippen LogP contribution in [0.15, 0.2) is 24.3 Å². The van der Waals surface area contributed by atoms with Crippen LogP contribution in [0.1, 0.15) is 12.0 Å². The zero-order valence-corrected chi connectivity index (χ0v) is 9.31. The van der Waals surface area contributed by atoms with Crippen molar-refractivity contribution in [1.29, 1.82) is 0 Å². The highest BCUT2D eigenvalue weighted by Gasteiger charge is 2.32. The summed E-state index contributed by atoms with van der Waals surface area (Å²) in [5, 5.41) is 9.76. The first kappa shape index (κ1) is 12.7. The number of urea groups is 1. The Labute approximate surface area is 101 Å². The monoisotopic (exact) mass is 260 g/mol. The Morgan fingerprint density at radius 2 is 1.94 bits per heavy atom. The summed E-state index contributed by atoms with van der Waals surface area (Å²) >= 11 is 0. The molecule has 0 saturated carbocycles. The summed E-state index contributed by atoms with van der Waals surface area (Å²) in [6.45, 7) is 0.478. The molecule has 98 valence electrons. The van der Waals surface area contributed by atoms with Gasteiger partial charge in [0.2, 0.25) is 0 Å². The van der Waals surface area contributed by atoms with Crippen LogP contribution in [0, 0.1) is 0 Å². The molecule has 2 amide bonds. The molecule has 1 heterocycles. The van der Waals surface area contributed by atoms with Gasteiger partial charge in [-0.05, 0) is 24.6 Å². The van der Waals surface area contributed by atoms with Gasteiger partial charge in [-0.1, -0.05) is 6.07 Å². The molecule has 1 aliphatic rings. The van der Waals surface area contributed by atoms with Gasteiger partial charge >= 0.3 is 12.2 Å². The molecule has 0 spiro atoms. The second kappa shape index (κ2) is 4.49. The number of alkyl halides is 3. The summed E-state index contributed by atoms with van der Waals surface area (Å²) in [6.07, 6.45) is -3.95. The predicted octanol–water partition coefficient (Wildman–Crippen LogP) is 2.73. The lowest BCUT2D eigenvalue weighted by Gasteiger charge is -2.31. The van der Waals surface area contributed by atoms with Crippen molar-refractivity contribution in [2.24, 2.45) is 0 Å². The number of hydroxylamine groups is 2. The molecule has 0 aliphatic carbocycles. The number of hydrogen-bond acceptors (Lipinski definition) is 2. The Hall–Kier alpha value is -1.76. The third kappa shape index (κ3) is 2.40. The molecule has 1 aromatic rings. The summed E-state index contributed by atoms with van der Waals surface area (Å²) in [5.41, 5.74) is -0.684. The molecule has 4 nitrogen and oxygen atoms in total. The first-order valence-electron chi connectivity index (χ1n) is 5.35. The van der Waals surface area contributed by atoms with E-state index in [1.165, 1.54) is 12.1 Å². The third-order valence-corrected chi connectivity index (χ3v) is 2.69. The van der Waals surface area contributed by atoms with E-state index in [0.717, 1.165) is 17.0 Å². The van der Waals surface area contributed by atoms with E-state index in [2.05, 4.69) is 0 Å². The summed E-state index contributed by atoms with van der Waals surface area (Å²) in [7, 11) is 0. The number of carbonyl (C=O) groups is 1. The average molecular weight is 260 g/mol. The smallest absolute Gasteiger partial charge is 0.292 e. The van der Waals surface area contributed by atoms with Gasteiger partial charge in [-0.2, -0.15) is 13.2 Å². The van der Waals surface area contributed by atoms with E-state index in [1.807, 2.05) is 0 Å². The van der Waals surface area contributed by atoms with Crippen molar-refractivity contribution in [3.05, 3.63) is 29.8 Å². The maximum Gasteiger partial charge on any atom is 0.416 e. The number of hydrogen-bond donors (Lipinski definition) is 1. The van der Waals surface area contributed by atoms with Crippen molar-refractivity contribution in [2.75, 3.05) is 18.0 Å². The highest BCUT2D eigenvalue weighted by Crippen LogP contribution is 2.32. The molecule has 2 rings (SSSR count). The standard InChI is InChI=1S/C11H11F3N2O2/c12-11(13,14)8-3-1-4-9(7-8)15-5-2-6-16(18)10(15)17/h1,3-4,7,18H,2,5-6H2. The van der Waals surface area contributed by atoms with E-state index in [0.29, 0.717) is 11.5 Å². The highest BCUT2D eigenvalue weighted by atomic mass is 19.4. The van der Waals surface area contributed by atoms with Crippen LogP contribution in [0.25, 0.3) is 0 Å². The van der Waals surface area contributed by atoms with Crippen molar-refractivity contribution in [1.82, 2.24) is 5.06 Å². The van der Waals surface area contributed by atoms with Crippen LogP contribution in [0.5, 0.6) is 0 Å². The SMILES string of the molecule is O=C1N(O)CCCN1c1cccc(C(F)(F)F)c1. The minimum absolute atomic E-state index is 0.133. The molecular formula is C11H11F3N2O2. The number of halogens is 3. The number of benzene rings is 1. The molecule has 1 fully saturated rings. The Bertz CT molecular complexity index is 462. The topological polar surface area (TPSA) is 43.8 Å². The average Bonchev–Trinajstić information content (AvgIpc) is 2.32. The molecule has 1 N–H and O–H groups in total. The van der Waals surface area contributed by atoms with Gasteiger partial charge in [-0.3, -0.25) is 10.1 Å². The summed E-state index contributed by atoms with van der Waals surface area (Å²) in [6, 6.07) is 3.78. The first-order chi connectivity index (χ1) is 8.39. The Balaban J connectivity index is 2.31. The Morgan fingerprint density at radius 3 is 2.61 bits per heavy atom. The van der Waals surface area contributed by atoms with Gasteiger partial charge in [-0.25, -0.2) is 9.86 Å². The number of nitrogens with zero attached hydrogens (tertiary/aromatic N) is 2. The van der Waals surface area contributed by atoms with Crippen molar-refractivity contribution in [3.63, 3.8) is 0 Å². The van der Waals surface area contributed by atoms with E-state index < -0.39 is 17.8 Å². The van der Waals surface area contributed by atoms with Crippen molar-refractivity contribution >= 4 is 11.7 Å². The molecular weight excluding hydrogens is 249 g/mol. The summed E-state index contributed by atoms with van der Waals surface area (Å²) in [4.78, 5) is 12.7. The number of carbonyl (C=O) groups excluding carboxylic acids is 1. The van der Waals surface area contributed by atoms with E-state index >= 15 is 0 Å². The molecule has 0 radical (unpaired) electrons. The van der Waals surface area contributed by atoms with E-state index in [1.54, 1.807) is 0 Å². The lowest BCUT2D eigenvalue weighted by molar-refractivity contribution is -0.137. The van der Waals surface area contributed by atoms with Gasteiger partial charge in [0.05, 0.1) is 12.1 Å². The van der Waals surface area contributed by atoms with Crippen LogP contribution in [-0.4, -0.2) is 29.4 Å². The summed E-state index contributed by atoms with van der Waals surface area (Å²) < 4.78 is 37.6. The van der Waals surface area contributed by atoms with E-state index in [-0.39, 0.29) is 18.8 Å². The third-order valence-electron chi connectivity index (χ3n) is 2.69. The minimum atomic E-state index is -4.45. The van der Waals surface area contributed by atoms with Gasteiger partial charge < -0.3 is 0 Å². The first-order valence-corrected chi connectivity index (χ1v) is 5.35. The van der Waals surface area contributed by atoms with Crippen LogP contribution in [0.2, 0.25) is 0 Å². The molecule has 1 aliphatic heterocycles. The van der Waals surface area contributed by atoms with Gasteiger partial charge in [0.1, 0.15) is 0 Å². The molecule has 0 atom stereocenters. The van der Waals surface area contributed by atoms with E-state index in [9.17, 15) is 23.2 Å². The molecule has 18 heavy (non-hydrogen) atoms. The van der Waals surface area contributed by atoms with E-state index in [4.69, 9.17) is 0 Å². The number of rotatable bonds is 1. The molecule has 1 saturated heterocycles. The number of amides is 2. The molecule has 1 aromatic carbocycles. The van der Waals surface area contributed by atoms with Crippen molar-refractivity contribution in [3.8, 4) is 0 Å². The largest absolute Gasteiger partial charge is 0.416 e. The lowest BCUT2D eigenvalue weighted by atomic mass is 10.1. The maximum atomic E-state index is 12.5. The fraction of sp³-hybridized carbons (Fsp3) is 0.364. The maximum absolute atomic E-state index is 12.5. The minimum Gasteiger partial charge on any atom is -0.292 e. The Morgan fingerprint density at radius 1 is 1.22 bits per heavy atom. The van der Waals surface area contributed by atoms with Crippen LogP contribution in [0.4, 0.5) is 23.7 Å². The second-order valence-electron chi connectivity index (χ2n) is 3.96. The fourth-order valence-corrected chi connectivity index (χ4v) is 1.80. The Kier molecular flexibility index (Phi) is 3.16. The summed E-state index contributed by atoms with van der Waals surface area (Å²) in [5.74, 6) is 0. The van der Waals surface area contributed by atoms with Crippen molar-refractivity contribution in [2.45, 2.75) is 12.6 Å². The van der Waals surface area contributed by atoms with Crippen molar-refractivity contribution < 1.29 is 23.2 Å². The number of anilines is 1. The molecule has 0 bridgehead atoms. The normalized spacial score (nSPS) is 17.2. The lowest BCUT2D eigenvalue weighted by Crippen LogP contribution is -2.47. The van der Waals surface area contributed by atoms with Crippen LogP contribution in [0.3, 0.4) is 0 Å². The second-order valence-corrected chi connectivity index (χ2v) is 3.96. The molecule has 0 aromatic heterocycles. The molecule has 7 heteroatoms. The van der Waals surface area contributed by atoms with Gasteiger partial charge in [0.25, 0.3) is 0 Å². The van der Waals surface area contributed by atoms with Crippen LogP contribution in [-0.2, 0) is 6.18 Å². The van der Waals surface area contributed by atoms with Crippen LogP contribution >= 0.6 is 0 Å². The zero-order valence-electron chi connectivity index (χ0n) is 9.31. The quantitative estimate of drug-likeness (QED) is 0.789. The van der Waals surface area contributed by atoms with Gasteiger partial charge in [0, 0.05) is 12.2 Å². The predicted molar refractivity (Wildman–Crippen MR) is 57.3 cm³/mol.